The smallest absolute Gasteiger partial charge is 0.419 e. The average molecular weight is 472 g/mol. The zero-order valence-electron chi connectivity index (χ0n) is 18.6. The molecule has 2 amide bonds. The SMILES string of the molecule is CC(C)C(OC(=O)N1c2ccccc2C(O)c2ccccc21)C(=O)NC(CC(=O)O)C(=O)CF. The van der Waals surface area contributed by atoms with Crippen molar-refractivity contribution in [2.45, 2.75) is 38.5 Å². The number of amides is 2. The first-order chi connectivity index (χ1) is 16.1. The van der Waals surface area contributed by atoms with Crippen molar-refractivity contribution in [3.63, 3.8) is 0 Å². The van der Waals surface area contributed by atoms with E-state index < -0.39 is 61.0 Å². The van der Waals surface area contributed by atoms with Crippen molar-refractivity contribution in [2.75, 3.05) is 11.6 Å². The summed E-state index contributed by atoms with van der Waals surface area (Å²) in [5.41, 5.74) is 1.69. The van der Waals surface area contributed by atoms with Crippen LogP contribution in [0, 0.1) is 5.92 Å². The number of hydrogen-bond donors (Lipinski definition) is 3. The number of aliphatic hydroxyl groups is 1. The van der Waals surface area contributed by atoms with Gasteiger partial charge in [0.15, 0.2) is 11.9 Å². The number of ketones is 1. The highest BCUT2D eigenvalue weighted by molar-refractivity contribution is 6.01. The number of hydrogen-bond acceptors (Lipinski definition) is 6. The third-order valence-electron chi connectivity index (χ3n) is 5.43. The third kappa shape index (κ3) is 5.07. The number of aliphatic hydroxyl groups excluding tert-OH is 1. The van der Waals surface area contributed by atoms with Gasteiger partial charge in [0.05, 0.1) is 17.8 Å². The summed E-state index contributed by atoms with van der Waals surface area (Å²) in [7, 11) is 0. The average Bonchev–Trinajstić information content (AvgIpc) is 2.81. The minimum absolute atomic E-state index is 0.373. The molecule has 0 bridgehead atoms. The monoisotopic (exact) mass is 472 g/mol. The molecule has 0 spiro atoms. The lowest BCUT2D eigenvalue weighted by atomic mass is 9.93. The lowest BCUT2D eigenvalue weighted by molar-refractivity contribution is -0.141. The van der Waals surface area contributed by atoms with E-state index in [0.717, 1.165) is 0 Å². The van der Waals surface area contributed by atoms with Gasteiger partial charge < -0.3 is 20.3 Å². The second-order valence-electron chi connectivity index (χ2n) is 8.16. The number of alkyl halides is 1. The molecule has 2 aromatic carbocycles. The summed E-state index contributed by atoms with van der Waals surface area (Å²) in [6.07, 6.45) is -4.09. The van der Waals surface area contributed by atoms with Gasteiger partial charge in [-0.05, 0) is 18.1 Å². The van der Waals surface area contributed by atoms with Crippen LogP contribution in [-0.4, -0.2) is 52.8 Å². The molecular formula is C24H25FN2O7. The summed E-state index contributed by atoms with van der Waals surface area (Å²) in [6.45, 7) is 1.75. The van der Waals surface area contributed by atoms with Gasteiger partial charge in [-0.25, -0.2) is 14.1 Å². The summed E-state index contributed by atoms with van der Waals surface area (Å²) in [6, 6.07) is 11.8. The van der Waals surface area contributed by atoms with Gasteiger partial charge in [0, 0.05) is 11.1 Å². The van der Waals surface area contributed by atoms with Crippen molar-refractivity contribution in [3.8, 4) is 0 Å². The fraction of sp³-hybridized carbons (Fsp3) is 0.333. The quantitative estimate of drug-likeness (QED) is 0.538. The fourth-order valence-corrected chi connectivity index (χ4v) is 3.76. The molecule has 1 aliphatic rings. The Hall–Kier alpha value is -3.79. The van der Waals surface area contributed by atoms with Crippen molar-refractivity contribution in [2.24, 2.45) is 5.92 Å². The number of carbonyl (C=O) groups excluding carboxylic acids is 3. The molecule has 0 fully saturated rings. The Balaban J connectivity index is 1.89. The van der Waals surface area contributed by atoms with Crippen molar-refractivity contribution in [1.82, 2.24) is 5.32 Å². The number of carboxylic acids is 1. The number of carbonyl (C=O) groups is 4. The molecule has 0 saturated carbocycles. The van der Waals surface area contributed by atoms with Gasteiger partial charge in [-0.15, -0.1) is 0 Å². The first kappa shape index (κ1) is 24.8. The topological polar surface area (TPSA) is 133 Å². The molecule has 1 aliphatic heterocycles. The molecule has 2 atom stereocenters. The Morgan fingerprint density at radius 2 is 1.56 bits per heavy atom. The highest BCUT2D eigenvalue weighted by atomic mass is 19.1. The molecule has 180 valence electrons. The van der Waals surface area contributed by atoms with Crippen molar-refractivity contribution in [1.29, 1.82) is 0 Å². The predicted molar refractivity (Wildman–Crippen MR) is 119 cm³/mol. The van der Waals surface area contributed by atoms with E-state index in [1.54, 1.807) is 62.4 Å². The second kappa shape index (κ2) is 10.4. The minimum atomic E-state index is -1.60. The molecule has 10 heteroatoms. The van der Waals surface area contributed by atoms with Gasteiger partial charge in [0.2, 0.25) is 0 Å². The Bertz CT molecular complexity index is 1060. The summed E-state index contributed by atoms with van der Waals surface area (Å²) in [4.78, 5) is 50.2. The molecule has 9 nitrogen and oxygen atoms in total. The number of para-hydroxylation sites is 2. The number of rotatable bonds is 8. The number of benzene rings is 2. The molecule has 0 radical (unpaired) electrons. The predicted octanol–water partition coefficient (Wildman–Crippen LogP) is 2.88. The van der Waals surface area contributed by atoms with E-state index in [1.807, 2.05) is 0 Å². The van der Waals surface area contributed by atoms with Gasteiger partial charge >= 0.3 is 12.1 Å². The lowest BCUT2D eigenvalue weighted by Gasteiger charge is -2.34. The van der Waals surface area contributed by atoms with E-state index in [0.29, 0.717) is 22.5 Å². The Labute approximate surface area is 195 Å². The van der Waals surface area contributed by atoms with Crippen LogP contribution in [0.1, 0.15) is 37.5 Å². The number of fused-ring (bicyclic) bond motifs is 2. The minimum Gasteiger partial charge on any atom is -0.481 e. The van der Waals surface area contributed by atoms with Crippen molar-refractivity contribution in [3.05, 3.63) is 59.7 Å². The highest BCUT2D eigenvalue weighted by Gasteiger charge is 2.37. The Morgan fingerprint density at radius 1 is 1.03 bits per heavy atom. The maximum atomic E-state index is 13.3. The molecule has 0 aliphatic carbocycles. The number of anilines is 2. The van der Waals surface area contributed by atoms with E-state index in [1.165, 1.54) is 4.90 Å². The summed E-state index contributed by atoms with van der Waals surface area (Å²) in [5.74, 6) is -3.98. The Kier molecular flexibility index (Phi) is 7.62. The number of nitrogens with one attached hydrogen (secondary N) is 1. The number of halogens is 1. The summed E-state index contributed by atoms with van der Waals surface area (Å²) < 4.78 is 18.4. The van der Waals surface area contributed by atoms with Crippen LogP contribution in [0.3, 0.4) is 0 Å². The first-order valence-corrected chi connectivity index (χ1v) is 10.6. The van der Waals surface area contributed by atoms with Crippen LogP contribution in [0.4, 0.5) is 20.6 Å². The normalized spacial score (nSPS) is 14.6. The van der Waals surface area contributed by atoms with Crippen LogP contribution in [0.15, 0.2) is 48.5 Å². The van der Waals surface area contributed by atoms with Gasteiger partial charge in [0.1, 0.15) is 18.8 Å². The number of Topliss-reactive ketones (excluding diaryl/α,β-unsaturated/α-hetero) is 1. The molecule has 3 N–H and O–H groups in total. The maximum Gasteiger partial charge on any atom is 0.419 e. The van der Waals surface area contributed by atoms with E-state index in [4.69, 9.17) is 9.84 Å². The molecule has 3 rings (SSSR count). The van der Waals surface area contributed by atoms with Crippen LogP contribution in [0.25, 0.3) is 0 Å². The molecule has 34 heavy (non-hydrogen) atoms. The van der Waals surface area contributed by atoms with E-state index in [2.05, 4.69) is 5.32 Å². The van der Waals surface area contributed by atoms with Crippen LogP contribution < -0.4 is 10.2 Å². The van der Waals surface area contributed by atoms with Gasteiger partial charge in [0.25, 0.3) is 5.91 Å². The maximum absolute atomic E-state index is 13.3. The van der Waals surface area contributed by atoms with Crippen LogP contribution in [0.5, 0.6) is 0 Å². The highest BCUT2D eigenvalue weighted by Crippen LogP contribution is 2.44. The van der Waals surface area contributed by atoms with E-state index in [-0.39, 0.29) is 0 Å². The van der Waals surface area contributed by atoms with E-state index >= 15 is 0 Å². The number of ether oxygens (including phenoxy) is 1. The summed E-state index contributed by atoms with van der Waals surface area (Å²) in [5, 5.41) is 21.9. The molecular weight excluding hydrogens is 447 g/mol. The van der Waals surface area contributed by atoms with E-state index in [9.17, 15) is 28.7 Å². The largest absolute Gasteiger partial charge is 0.481 e. The number of aliphatic carboxylic acids is 1. The lowest BCUT2D eigenvalue weighted by Crippen LogP contribution is -2.50. The first-order valence-electron chi connectivity index (χ1n) is 10.6. The van der Waals surface area contributed by atoms with Crippen molar-refractivity contribution < 1.29 is 38.5 Å². The Morgan fingerprint density at radius 3 is 2.03 bits per heavy atom. The third-order valence-corrected chi connectivity index (χ3v) is 5.43. The van der Waals surface area contributed by atoms with Crippen LogP contribution in [-0.2, 0) is 19.1 Å². The number of nitrogens with zero attached hydrogens (tertiary/aromatic N) is 1. The molecule has 0 saturated heterocycles. The number of carboxylic acid groups (broad SMARTS) is 1. The van der Waals surface area contributed by atoms with Gasteiger partial charge in [-0.3, -0.25) is 14.4 Å². The fourth-order valence-electron chi connectivity index (χ4n) is 3.76. The van der Waals surface area contributed by atoms with Gasteiger partial charge in [-0.1, -0.05) is 50.2 Å². The zero-order chi connectivity index (χ0) is 25.0. The van der Waals surface area contributed by atoms with Crippen molar-refractivity contribution >= 4 is 35.1 Å². The van der Waals surface area contributed by atoms with Crippen LogP contribution >= 0.6 is 0 Å². The molecule has 1 heterocycles. The standard InChI is InChI=1S/C24H25FN2O7/c1-13(2)22(23(32)26-16(11-20(29)30)19(28)12-25)34-24(33)27-17-9-5-3-7-14(17)21(31)15-8-4-6-10-18(15)27/h3-10,13,16,21-22,31H,11-12H2,1-2H3,(H,26,32)(H,29,30). The molecule has 2 unspecified atom stereocenters. The molecule has 2 aromatic rings. The molecule has 0 aromatic heterocycles. The van der Waals surface area contributed by atoms with Gasteiger partial charge in [-0.2, -0.15) is 0 Å². The van der Waals surface area contributed by atoms with Crippen LogP contribution in [0.2, 0.25) is 0 Å². The summed E-state index contributed by atoms with van der Waals surface area (Å²) >= 11 is 0. The second-order valence-corrected chi connectivity index (χ2v) is 8.16. The zero-order valence-corrected chi connectivity index (χ0v) is 18.6.